The number of aryl methyl sites for hydroxylation is 1. The Balaban J connectivity index is 2.14. The van der Waals surface area contributed by atoms with Crippen molar-refractivity contribution in [1.29, 1.82) is 0 Å². The van der Waals surface area contributed by atoms with Gasteiger partial charge in [-0.1, -0.05) is 18.2 Å². The van der Waals surface area contributed by atoms with Gasteiger partial charge in [-0.3, -0.25) is 9.48 Å². The van der Waals surface area contributed by atoms with E-state index in [1.807, 2.05) is 0 Å². The first-order valence-electron chi connectivity index (χ1n) is 5.13. The summed E-state index contributed by atoms with van der Waals surface area (Å²) < 4.78 is 14.2. The lowest BCUT2D eigenvalue weighted by molar-refractivity contribution is 0.103. The first-order chi connectivity index (χ1) is 8.16. The maximum atomic E-state index is 12.7. The molecule has 0 aliphatic rings. The second-order valence-corrected chi connectivity index (χ2v) is 3.59. The van der Waals surface area contributed by atoms with E-state index in [9.17, 15) is 9.18 Å². The van der Waals surface area contributed by atoms with Gasteiger partial charge in [-0.15, -0.1) is 0 Å². The zero-order chi connectivity index (χ0) is 12.3. The Morgan fingerprint density at radius 2 is 2.00 bits per heavy atom. The molecule has 2 aromatic rings. The van der Waals surface area contributed by atoms with Gasteiger partial charge in [-0.05, 0) is 29.8 Å². The van der Waals surface area contributed by atoms with E-state index < -0.39 is 0 Å². The van der Waals surface area contributed by atoms with Crippen LogP contribution in [0.4, 0.5) is 4.39 Å². The Labute approximate surface area is 98.2 Å². The monoisotopic (exact) mass is 230 g/mol. The third-order valence-corrected chi connectivity index (χ3v) is 2.37. The van der Waals surface area contributed by atoms with E-state index in [1.165, 1.54) is 22.9 Å². The Kier molecular flexibility index (Phi) is 3.14. The number of hydrogen-bond donors (Lipinski definition) is 0. The van der Waals surface area contributed by atoms with Gasteiger partial charge in [0.1, 0.15) is 11.5 Å². The maximum Gasteiger partial charge on any atom is 0.203 e. The molecule has 1 heterocycles. The summed E-state index contributed by atoms with van der Waals surface area (Å²) in [4.78, 5) is 11.7. The molecule has 1 aromatic heterocycles. The first kappa shape index (κ1) is 11.3. The van der Waals surface area contributed by atoms with Crippen LogP contribution in [0.2, 0.25) is 0 Å². The van der Waals surface area contributed by atoms with Crippen LogP contribution in [0.15, 0.2) is 42.6 Å². The minimum Gasteiger partial charge on any atom is -0.288 e. The van der Waals surface area contributed by atoms with Crippen LogP contribution >= 0.6 is 0 Å². The van der Waals surface area contributed by atoms with Gasteiger partial charge in [0.25, 0.3) is 0 Å². The van der Waals surface area contributed by atoms with Crippen molar-refractivity contribution in [2.75, 3.05) is 0 Å². The highest BCUT2D eigenvalue weighted by atomic mass is 19.1. The molecule has 17 heavy (non-hydrogen) atoms. The molecule has 0 aliphatic carbocycles. The van der Waals surface area contributed by atoms with Crippen LogP contribution in [0.25, 0.3) is 6.08 Å². The molecule has 0 radical (unpaired) electrons. The molecular weight excluding hydrogens is 219 g/mol. The molecule has 0 amide bonds. The lowest BCUT2D eigenvalue weighted by atomic mass is 10.2. The highest BCUT2D eigenvalue weighted by Crippen LogP contribution is 2.06. The zero-order valence-electron chi connectivity index (χ0n) is 9.30. The first-order valence-corrected chi connectivity index (χ1v) is 5.13. The molecule has 1 aromatic carbocycles. The van der Waals surface area contributed by atoms with Crippen molar-refractivity contribution < 1.29 is 9.18 Å². The van der Waals surface area contributed by atoms with Crippen LogP contribution in [0.5, 0.6) is 0 Å². The largest absolute Gasteiger partial charge is 0.288 e. The van der Waals surface area contributed by atoms with Gasteiger partial charge in [0, 0.05) is 13.2 Å². The fraction of sp³-hybridized carbons (Fsp3) is 0.0769. The number of aromatic nitrogens is 2. The van der Waals surface area contributed by atoms with Crippen molar-refractivity contribution >= 4 is 11.9 Å². The molecule has 0 atom stereocenters. The van der Waals surface area contributed by atoms with Gasteiger partial charge in [0.2, 0.25) is 5.78 Å². The molecule has 3 nitrogen and oxygen atoms in total. The predicted octanol–water partition coefficient (Wildman–Crippen LogP) is 2.46. The fourth-order valence-electron chi connectivity index (χ4n) is 1.45. The second-order valence-electron chi connectivity index (χ2n) is 3.59. The number of carbonyl (C=O) groups excluding carboxylic acids is 1. The molecule has 0 aliphatic heterocycles. The summed E-state index contributed by atoms with van der Waals surface area (Å²) in [6.45, 7) is 0. The van der Waals surface area contributed by atoms with E-state index in [4.69, 9.17) is 0 Å². The molecule has 86 valence electrons. The molecule has 4 heteroatoms. The Morgan fingerprint density at radius 3 is 2.59 bits per heavy atom. The number of carbonyl (C=O) groups is 1. The predicted molar refractivity (Wildman–Crippen MR) is 63.0 cm³/mol. The third kappa shape index (κ3) is 2.66. The summed E-state index contributed by atoms with van der Waals surface area (Å²) in [6, 6.07) is 7.59. The summed E-state index contributed by atoms with van der Waals surface area (Å²) >= 11 is 0. The van der Waals surface area contributed by atoms with Crippen LogP contribution in [0, 0.1) is 5.82 Å². The lowest BCUT2D eigenvalue weighted by Gasteiger charge is -1.96. The molecule has 0 unspecified atom stereocenters. The molecule has 2 rings (SSSR count). The van der Waals surface area contributed by atoms with Crippen LogP contribution in [-0.2, 0) is 7.05 Å². The van der Waals surface area contributed by atoms with Gasteiger partial charge in [0.15, 0.2) is 0 Å². The second kappa shape index (κ2) is 4.74. The number of allylic oxidation sites excluding steroid dienone is 1. The average Bonchev–Trinajstić information content (AvgIpc) is 2.74. The van der Waals surface area contributed by atoms with Gasteiger partial charge < -0.3 is 0 Å². The van der Waals surface area contributed by atoms with Crippen molar-refractivity contribution in [3.05, 3.63) is 59.7 Å². The average molecular weight is 230 g/mol. The molecule has 0 saturated heterocycles. The molecule has 0 N–H and O–H groups in total. The number of nitrogens with zero attached hydrogens (tertiary/aromatic N) is 2. The number of ketones is 1. The van der Waals surface area contributed by atoms with E-state index in [0.717, 1.165) is 5.56 Å². The van der Waals surface area contributed by atoms with Crippen molar-refractivity contribution in [3.63, 3.8) is 0 Å². The fourth-order valence-corrected chi connectivity index (χ4v) is 1.45. The van der Waals surface area contributed by atoms with Crippen molar-refractivity contribution in [2.24, 2.45) is 7.05 Å². The van der Waals surface area contributed by atoms with Gasteiger partial charge in [-0.25, -0.2) is 4.39 Å². The summed E-state index contributed by atoms with van der Waals surface area (Å²) in [5.74, 6) is -0.422. The van der Waals surface area contributed by atoms with E-state index in [-0.39, 0.29) is 11.6 Å². The van der Waals surface area contributed by atoms with Crippen molar-refractivity contribution in [2.45, 2.75) is 0 Å². The van der Waals surface area contributed by atoms with Gasteiger partial charge in [-0.2, -0.15) is 5.10 Å². The molecule has 0 fully saturated rings. The zero-order valence-corrected chi connectivity index (χ0v) is 9.30. The van der Waals surface area contributed by atoms with E-state index in [0.29, 0.717) is 5.69 Å². The van der Waals surface area contributed by atoms with Crippen LogP contribution in [-0.4, -0.2) is 15.6 Å². The van der Waals surface area contributed by atoms with Crippen LogP contribution in [0.3, 0.4) is 0 Å². The summed E-state index contributed by atoms with van der Waals surface area (Å²) in [6.07, 6.45) is 4.66. The summed E-state index contributed by atoms with van der Waals surface area (Å²) in [5, 5.41) is 3.92. The highest BCUT2D eigenvalue weighted by molar-refractivity contribution is 6.05. The number of rotatable bonds is 3. The number of hydrogen-bond acceptors (Lipinski definition) is 2. The van der Waals surface area contributed by atoms with Crippen LogP contribution in [0.1, 0.15) is 16.1 Å². The highest BCUT2D eigenvalue weighted by Gasteiger charge is 2.05. The van der Waals surface area contributed by atoms with Gasteiger partial charge >= 0.3 is 0 Å². The van der Waals surface area contributed by atoms with Gasteiger partial charge in [0.05, 0.1) is 0 Å². The SMILES string of the molecule is Cn1nccc1C(=O)/C=C/c1ccc(F)cc1. The topological polar surface area (TPSA) is 34.9 Å². The maximum absolute atomic E-state index is 12.7. The van der Waals surface area contributed by atoms with E-state index in [2.05, 4.69) is 5.10 Å². The summed E-state index contributed by atoms with van der Waals surface area (Å²) in [5.41, 5.74) is 1.30. The minimum absolute atomic E-state index is 0.130. The summed E-state index contributed by atoms with van der Waals surface area (Å²) in [7, 11) is 1.71. The Bertz CT molecular complexity index is 555. The lowest BCUT2D eigenvalue weighted by Crippen LogP contribution is -2.03. The molecule has 0 bridgehead atoms. The molecular formula is C13H11FN2O. The Morgan fingerprint density at radius 1 is 1.29 bits per heavy atom. The number of benzene rings is 1. The standard InChI is InChI=1S/C13H11FN2O/c1-16-12(8-9-15-16)13(17)7-4-10-2-5-11(14)6-3-10/h2-9H,1H3/b7-4+. The molecule has 0 saturated carbocycles. The smallest absolute Gasteiger partial charge is 0.203 e. The van der Waals surface area contributed by atoms with E-state index >= 15 is 0 Å². The normalized spacial score (nSPS) is 10.9. The minimum atomic E-state index is -0.292. The Hall–Kier alpha value is -2.23. The number of halogens is 1. The van der Waals surface area contributed by atoms with Crippen molar-refractivity contribution in [1.82, 2.24) is 9.78 Å². The van der Waals surface area contributed by atoms with Crippen LogP contribution < -0.4 is 0 Å². The molecule has 0 spiro atoms. The third-order valence-electron chi connectivity index (χ3n) is 2.37. The van der Waals surface area contributed by atoms with E-state index in [1.54, 1.807) is 37.5 Å². The van der Waals surface area contributed by atoms with Crippen molar-refractivity contribution in [3.8, 4) is 0 Å². The quantitative estimate of drug-likeness (QED) is 0.599.